The fraction of sp³-hybridized carbons (Fsp3) is 0.320. The molecule has 11 nitrogen and oxygen atoms in total. The number of carbonyl (C=O) groups excluding carboxylic acids is 5. The molecule has 1 aromatic carbocycles. The average molecular weight is 574 g/mol. The van der Waals surface area contributed by atoms with Crippen LogP contribution in [0.5, 0.6) is 0 Å². The van der Waals surface area contributed by atoms with Gasteiger partial charge in [-0.25, -0.2) is 4.39 Å². The Balaban J connectivity index is 0.000000384. The van der Waals surface area contributed by atoms with Gasteiger partial charge in [-0.15, -0.1) is 0 Å². The molecule has 4 aliphatic heterocycles. The third-order valence-corrected chi connectivity index (χ3v) is 7.92. The van der Waals surface area contributed by atoms with Crippen LogP contribution < -0.4 is 10.6 Å². The molecule has 0 bridgehead atoms. The molecule has 0 atom stereocenters. The monoisotopic (exact) mass is 573 g/mol. The van der Waals surface area contributed by atoms with Crippen LogP contribution in [0.4, 0.5) is 19.7 Å². The van der Waals surface area contributed by atoms with E-state index >= 15 is 0 Å². The van der Waals surface area contributed by atoms with Crippen molar-refractivity contribution in [2.24, 2.45) is 0 Å². The maximum Gasteiger partial charge on any atom is 0.289 e. The summed E-state index contributed by atoms with van der Waals surface area (Å²) in [6.45, 7) is 3.85. The zero-order valence-corrected chi connectivity index (χ0v) is 22.2. The Morgan fingerprint density at radius 2 is 1.77 bits per heavy atom. The van der Waals surface area contributed by atoms with Crippen molar-refractivity contribution in [2.75, 3.05) is 43.1 Å². The topological polar surface area (TPSA) is 141 Å². The second-order valence-corrected chi connectivity index (χ2v) is 10.9. The summed E-state index contributed by atoms with van der Waals surface area (Å²) in [7, 11) is 0. The Kier molecular flexibility index (Phi) is 8.16. The van der Waals surface area contributed by atoms with Crippen molar-refractivity contribution in [1.82, 2.24) is 20.1 Å². The number of morpholine rings is 1. The third kappa shape index (κ3) is 6.41. The van der Waals surface area contributed by atoms with E-state index in [4.69, 9.17) is 4.74 Å². The molecule has 0 aliphatic carbocycles. The van der Waals surface area contributed by atoms with Gasteiger partial charge < -0.3 is 15.0 Å². The highest BCUT2D eigenvalue weighted by Gasteiger charge is 2.32. The number of benzene rings is 1. The molecule has 6 rings (SSSR count). The Morgan fingerprint density at radius 1 is 0.974 bits per heavy atom. The molecule has 2 aromatic rings. The number of thioether (sulfide) groups is 2. The van der Waals surface area contributed by atoms with Crippen molar-refractivity contribution in [3.05, 3.63) is 52.6 Å². The lowest BCUT2D eigenvalue weighted by Gasteiger charge is -2.25. The number of halogens is 1. The summed E-state index contributed by atoms with van der Waals surface area (Å²) in [6, 6.07) is 4.76. The highest BCUT2D eigenvalue weighted by atomic mass is 32.2. The fourth-order valence-corrected chi connectivity index (χ4v) is 5.59. The largest absolute Gasteiger partial charge is 0.379 e. The molecule has 0 radical (unpaired) electrons. The van der Waals surface area contributed by atoms with Gasteiger partial charge in [-0.2, -0.15) is 0 Å². The molecule has 14 heteroatoms. The number of aromatic amines is 1. The number of ether oxygens (including phenoxy) is 1. The van der Waals surface area contributed by atoms with E-state index in [0.29, 0.717) is 22.6 Å². The van der Waals surface area contributed by atoms with Gasteiger partial charge in [-0.3, -0.25) is 39.1 Å². The number of nitrogens with zero attached hydrogens (tertiary/aromatic N) is 2. The summed E-state index contributed by atoms with van der Waals surface area (Å²) in [6.07, 6.45) is 3.64. The van der Waals surface area contributed by atoms with Gasteiger partial charge in [0.25, 0.3) is 16.4 Å². The van der Waals surface area contributed by atoms with Crippen LogP contribution in [-0.2, 0) is 32.2 Å². The highest BCUT2D eigenvalue weighted by molar-refractivity contribution is 8.15. The number of fused-ring (bicyclic) bond motifs is 1. The summed E-state index contributed by atoms with van der Waals surface area (Å²) in [5, 5.41) is 4.17. The lowest BCUT2D eigenvalue weighted by molar-refractivity contribution is -0.125. The average Bonchev–Trinajstić information content (AvgIpc) is 3.66. The number of carbonyl (C=O) groups is 5. The number of amides is 5. The molecular weight excluding hydrogens is 549 g/mol. The van der Waals surface area contributed by atoms with Crippen LogP contribution in [0.1, 0.15) is 22.4 Å². The standard InChI is InChI=1S/C22H21FN4O4S.C3H3NO2S/c23-18-8-19-16(6-14(18)11-27-20(28)12-32-22(27)30)17(21(29)25-19)7-15-5-13(9-24-15)10-26-1-3-31-4-2-26;5-2-1-7-3(6)4-2/h5-9,24H,1-4,10-12H2,(H,25,29);1H2,(H,4,5,6). The number of aromatic nitrogens is 1. The molecule has 3 fully saturated rings. The molecule has 5 heterocycles. The molecule has 0 saturated carbocycles. The van der Waals surface area contributed by atoms with Crippen molar-refractivity contribution < 1.29 is 33.1 Å². The van der Waals surface area contributed by atoms with Gasteiger partial charge in [0.2, 0.25) is 11.8 Å². The Labute approximate surface area is 230 Å². The minimum atomic E-state index is -0.574. The van der Waals surface area contributed by atoms with E-state index in [9.17, 15) is 28.4 Å². The van der Waals surface area contributed by atoms with Gasteiger partial charge in [0.1, 0.15) is 5.82 Å². The first-order valence-electron chi connectivity index (χ1n) is 12.0. The van der Waals surface area contributed by atoms with E-state index in [0.717, 1.165) is 72.5 Å². The van der Waals surface area contributed by atoms with Gasteiger partial charge in [0, 0.05) is 42.7 Å². The van der Waals surface area contributed by atoms with E-state index in [2.05, 4.69) is 20.5 Å². The van der Waals surface area contributed by atoms with E-state index in [1.54, 1.807) is 6.08 Å². The highest BCUT2D eigenvalue weighted by Crippen LogP contribution is 2.36. The van der Waals surface area contributed by atoms with E-state index in [1.807, 2.05) is 12.3 Å². The van der Waals surface area contributed by atoms with Gasteiger partial charge in [-0.05, 0) is 29.8 Å². The van der Waals surface area contributed by atoms with Crippen LogP contribution in [0.15, 0.2) is 24.4 Å². The lowest BCUT2D eigenvalue weighted by atomic mass is 10.0. The molecule has 1 aromatic heterocycles. The second kappa shape index (κ2) is 11.7. The first kappa shape index (κ1) is 27.1. The Hall–Kier alpha value is -3.46. The smallest absolute Gasteiger partial charge is 0.289 e. The first-order valence-corrected chi connectivity index (χ1v) is 14.0. The molecule has 4 aliphatic rings. The van der Waals surface area contributed by atoms with Crippen LogP contribution in [0.3, 0.4) is 0 Å². The molecule has 39 heavy (non-hydrogen) atoms. The van der Waals surface area contributed by atoms with Crippen LogP contribution in [0.2, 0.25) is 0 Å². The molecule has 0 unspecified atom stereocenters. The van der Waals surface area contributed by atoms with Gasteiger partial charge in [0.05, 0.1) is 42.5 Å². The van der Waals surface area contributed by atoms with Crippen LogP contribution >= 0.6 is 23.5 Å². The Bertz CT molecular complexity index is 1360. The van der Waals surface area contributed by atoms with Gasteiger partial charge >= 0.3 is 0 Å². The third-order valence-electron chi connectivity index (χ3n) is 6.29. The van der Waals surface area contributed by atoms with E-state index in [1.165, 1.54) is 12.1 Å². The molecular formula is C25H24FN5O6S2. The van der Waals surface area contributed by atoms with Crippen molar-refractivity contribution >= 4 is 69.1 Å². The predicted octanol–water partition coefficient (Wildman–Crippen LogP) is 2.64. The van der Waals surface area contributed by atoms with Crippen molar-refractivity contribution in [3.63, 3.8) is 0 Å². The summed E-state index contributed by atoms with van der Waals surface area (Å²) >= 11 is 1.91. The number of hydrogen-bond donors (Lipinski definition) is 3. The second-order valence-electron chi connectivity index (χ2n) is 9.01. The maximum absolute atomic E-state index is 14.6. The number of anilines is 1. The van der Waals surface area contributed by atoms with E-state index < -0.39 is 5.82 Å². The fourth-order valence-electron chi connectivity index (χ4n) is 4.35. The molecule has 5 amide bonds. The van der Waals surface area contributed by atoms with Gasteiger partial charge in [0.15, 0.2) is 0 Å². The minimum Gasteiger partial charge on any atom is -0.379 e. The number of nitrogens with one attached hydrogen (secondary N) is 3. The summed E-state index contributed by atoms with van der Waals surface area (Å²) in [5.41, 5.74) is 3.36. The first-order chi connectivity index (χ1) is 18.8. The van der Waals surface area contributed by atoms with E-state index in [-0.39, 0.29) is 46.1 Å². The maximum atomic E-state index is 14.6. The number of hydrogen-bond acceptors (Lipinski definition) is 9. The molecule has 0 spiro atoms. The minimum absolute atomic E-state index is 0.0657. The summed E-state index contributed by atoms with van der Waals surface area (Å²) in [5.74, 6) is -1.08. The van der Waals surface area contributed by atoms with Crippen LogP contribution in [-0.4, -0.2) is 80.8 Å². The quantitative estimate of drug-likeness (QED) is 0.461. The summed E-state index contributed by atoms with van der Waals surface area (Å²) < 4.78 is 20.0. The zero-order chi connectivity index (χ0) is 27.5. The zero-order valence-electron chi connectivity index (χ0n) is 20.6. The normalized spacial score (nSPS) is 20.3. The van der Waals surface area contributed by atoms with Crippen molar-refractivity contribution in [3.8, 4) is 0 Å². The number of H-pyrrole nitrogens is 1. The molecule has 3 saturated heterocycles. The van der Waals surface area contributed by atoms with Crippen molar-refractivity contribution in [1.29, 1.82) is 0 Å². The SMILES string of the molecule is O=C1CSC(=O)N1.O=C1Nc2cc(F)c(CN3C(=O)CSC3=O)cc2C1=Cc1cc(CN2CCOCC2)c[nH]1. The van der Waals surface area contributed by atoms with Crippen molar-refractivity contribution in [2.45, 2.75) is 13.1 Å². The number of imide groups is 2. The molecule has 204 valence electrons. The lowest BCUT2D eigenvalue weighted by Crippen LogP contribution is -2.35. The Morgan fingerprint density at radius 3 is 2.41 bits per heavy atom. The number of rotatable bonds is 5. The predicted molar refractivity (Wildman–Crippen MR) is 144 cm³/mol. The van der Waals surface area contributed by atoms with Gasteiger partial charge in [-0.1, -0.05) is 23.5 Å². The van der Waals surface area contributed by atoms with Crippen LogP contribution in [0.25, 0.3) is 11.6 Å². The molecule has 3 N–H and O–H groups in total. The summed E-state index contributed by atoms with van der Waals surface area (Å²) in [4.78, 5) is 63.1. The van der Waals surface area contributed by atoms with Crippen LogP contribution in [0, 0.1) is 5.82 Å².